The van der Waals surface area contributed by atoms with Crippen LogP contribution in [0.1, 0.15) is 47.1 Å². The van der Waals surface area contributed by atoms with Crippen LogP contribution in [0.3, 0.4) is 0 Å². The fraction of sp³-hybridized carbons (Fsp3) is 0.160. The van der Waals surface area contributed by atoms with E-state index in [1.165, 1.54) is 5.56 Å². The van der Waals surface area contributed by atoms with Crippen molar-refractivity contribution in [3.8, 4) is 0 Å². The van der Waals surface area contributed by atoms with Crippen LogP contribution in [0.15, 0.2) is 77.3 Å². The summed E-state index contributed by atoms with van der Waals surface area (Å²) in [5.74, 6) is -0.472. The number of hydrogen-bond acceptors (Lipinski definition) is 3. The minimum atomic E-state index is -0.295. The van der Waals surface area contributed by atoms with Gasteiger partial charge in [0.05, 0.1) is 0 Å². The number of rotatable bonds is 4. The number of halogens is 1. The van der Waals surface area contributed by atoms with Gasteiger partial charge in [0.1, 0.15) is 0 Å². The number of hydrogen-bond donors (Lipinski definition) is 3. The maximum atomic E-state index is 12.5. The highest BCUT2D eigenvalue weighted by Gasteiger charge is 2.14. The number of thiocarbonyl (C=S) groups is 1. The minimum absolute atomic E-state index is 0.0378. The average molecular weight is 510 g/mol. The molecule has 0 fully saturated rings. The zero-order chi connectivity index (χ0) is 23.3. The molecule has 0 aliphatic rings. The lowest BCUT2D eigenvalue weighted by Crippen LogP contribution is -2.34. The van der Waals surface area contributed by atoms with Gasteiger partial charge in [-0.1, -0.05) is 48.8 Å². The van der Waals surface area contributed by atoms with Crippen LogP contribution >= 0.6 is 28.1 Å². The van der Waals surface area contributed by atoms with Crippen molar-refractivity contribution in [3.63, 3.8) is 0 Å². The molecule has 7 heteroatoms. The van der Waals surface area contributed by atoms with Crippen molar-refractivity contribution in [2.75, 3.05) is 10.6 Å². The number of benzene rings is 3. The third kappa shape index (κ3) is 6.48. The van der Waals surface area contributed by atoms with Gasteiger partial charge in [0.15, 0.2) is 5.11 Å². The number of carbonyl (C=O) groups is 2. The van der Waals surface area contributed by atoms with E-state index in [0.717, 1.165) is 4.47 Å². The van der Waals surface area contributed by atoms with Gasteiger partial charge in [0.2, 0.25) is 0 Å². The molecule has 0 bridgehead atoms. The summed E-state index contributed by atoms with van der Waals surface area (Å²) in [6.45, 7) is 6.40. The lowest BCUT2D eigenvalue weighted by Gasteiger charge is -2.19. The van der Waals surface area contributed by atoms with Gasteiger partial charge < -0.3 is 10.6 Å². The van der Waals surface area contributed by atoms with E-state index in [9.17, 15) is 9.59 Å². The van der Waals surface area contributed by atoms with Crippen LogP contribution in [0.2, 0.25) is 0 Å². The van der Waals surface area contributed by atoms with Gasteiger partial charge in [-0.05, 0) is 83.9 Å². The first-order chi connectivity index (χ1) is 15.1. The zero-order valence-electron chi connectivity index (χ0n) is 18.0. The molecule has 0 atom stereocenters. The zero-order valence-corrected chi connectivity index (χ0v) is 20.4. The summed E-state index contributed by atoms with van der Waals surface area (Å²) in [5, 5.41) is 8.68. The molecule has 3 rings (SSSR count). The van der Waals surface area contributed by atoms with E-state index < -0.39 is 0 Å². The molecule has 3 aromatic carbocycles. The third-order valence-corrected chi connectivity index (χ3v) is 5.48. The number of amides is 2. The lowest BCUT2D eigenvalue weighted by atomic mass is 9.87. The third-order valence-electron chi connectivity index (χ3n) is 4.75. The fourth-order valence-electron chi connectivity index (χ4n) is 2.90. The van der Waals surface area contributed by atoms with Gasteiger partial charge in [-0.25, -0.2) is 0 Å². The Kier molecular flexibility index (Phi) is 7.43. The highest BCUT2D eigenvalue weighted by atomic mass is 79.9. The molecular formula is C25H24BrN3O2S. The van der Waals surface area contributed by atoms with Crippen LogP contribution < -0.4 is 16.0 Å². The summed E-state index contributed by atoms with van der Waals surface area (Å²) in [6, 6.07) is 21.7. The first kappa shape index (κ1) is 23.6. The molecule has 2 amide bonds. The molecule has 0 unspecified atom stereocenters. The highest BCUT2D eigenvalue weighted by Crippen LogP contribution is 2.22. The van der Waals surface area contributed by atoms with Gasteiger partial charge in [-0.3, -0.25) is 14.9 Å². The van der Waals surface area contributed by atoms with Gasteiger partial charge >= 0.3 is 0 Å². The standard InChI is InChI=1S/C25H24BrN3O2S/c1-25(2,3)18-8-4-16(5-9-18)22(30)27-20-12-14-21(15-13-20)28-24(32)29-23(31)17-6-10-19(26)11-7-17/h4-15H,1-3H3,(H,27,30)(H2,28,29,31,32). The van der Waals surface area contributed by atoms with Crippen molar-refractivity contribution in [3.05, 3.63) is 94.0 Å². The second-order valence-corrected chi connectivity index (χ2v) is 9.60. The molecule has 164 valence electrons. The van der Waals surface area contributed by atoms with E-state index in [1.807, 2.05) is 24.3 Å². The van der Waals surface area contributed by atoms with Gasteiger partial charge in [-0.2, -0.15) is 0 Å². The predicted octanol–water partition coefficient (Wildman–Crippen LogP) is 6.13. The minimum Gasteiger partial charge on any atom is -0.332 e. The Morgan fingerprint density at radius 3 is 1.72 bits per heavy atom. The Bertz CT molecular complexity index is 1120. The van der Waals surface area contributed by atoms with Crippen LogP contribution in [0.5, 0.6) is 0 Å². The highest BCUT2D eigenvalue weighted by molar-refractivity contribution is 9.10. The summed E-state index contributed by atoms with van der Waals surface area (Å²) in [6.07, 6.45) is 0. The summed E-state index contributed by atoms with van der Waals surface area (Å²) in [5.41, 5.74) is 3.66. The Labute approximate surface area is 201 Å². The molecule has 3 N–H and O–H groups in total. The van der Waals surface area contributed by atoms with Crippen molar-refractivity contribution in [1.82, 2.24) is 5.32 Å². The number of nitrogens with one attached hydrogen (secondary N) is 3. The first-order valence-electron chi connectivity index (χ1n) is 10.0. The summed E-state index contributed by atoms with van der Waals surface area (Å²) >= 11 is 8.56. The molecule has 32 heavy (non-hydrogen) atoms. The fourth-order valence-corrected chi connectivity index (χ4v) is 3.38. The number of anilines is 2. The molecule has 0 aliphatic heterocycles. The molecule has 0 aliphatic carbocycles. The maximum absolute atomic E-state index is 12.5. The van der Waals surface area contributed by atoms with Gasteiger partial charge in [0.25, 0.3) is 11.8 Å². The molecule has 0 radical (unpaired) electrons. The molecule has 0 saturated carbocycles. The normalized spacial score (nSPS) is 10.9. The lowest BCUT2D eigenvalue weighted by molar-refractivity contribution is 0.0976. The Balaban J connectivity index is 1.55. The van der Waals surface area contributed by atoms with Crippen LogP contribution in [0.4, 0.5) is 11.4 Å². The van der Waals surface area contributed by atoms with Crippen LogP contribution in [-0.2, 0) is 5.41 Å². The molecule has 0 heterocycles. The Hall–Kier alpha value is -3.03. The molecule has 3 aromatic rings. The summed E-state index contributed by atoms with van der Waals surface area (Å²) in [4.78, 5) is 24.8. The average Bonchev–Trinajstić information content (AvgIpc) is 2.75. The number of carbonyl (C=O) groups excluding carboxylic acids is 2. The van der Waals surface area contributed by atoms with Crippen LogP contribution in [0.25, 0.3) is 0 Å². The van der Waals surface area contributed by atoms with E-state index in [2.05, 4.69) is 52.7 Å². The van der Waals surface area contributed by atoms with Crippen molar-refractivity contribution in [2.45, 2.75) is 26.2 Å². The predicted molar refractivity (Wildman–Crippen MR) is 137 cm³/mol. The molecule has 0 spiro atoms. The van der Waals surface area contributed by atoms with Gasteiger partial charge in [-0.15, -0.1) is 0 Å². The van der Waals surface area contributed by atoms with E-state index in [4.69, 9.17) is 12.2 Å². The SMILES string of the molecule is CC(C)(C)c1ccc(C(=O)Nc2ccc(NC(=S)NC(=O)c3ccc(Br)cc3)cc2)cc1. The van der Waals surface area contributed by atoms with Crippen LogP contribution in [0, 0.1) is 0 Å². The quantitative estimate of drug-likeness (QED) is 0.370. The topological polar surface area (TPSA) is 70.2 Å². The summed E-state index contributed by atoms with van der Waals surface area (Å²) < 4.78 is 0.892. The second kappa shape index (κ2) is 10.1. The summed E-state index contributed by atoms with van der Waals surface area (Å²) in [7, 11) is 0. The van der Waals surface area contributed by atoms with Crippen molar-refractivity contribution >= 4 is 56.4 Å². The molecule has 5 nitrogen and oxygen atoms in total. The molecular weight excluding hydrogens is 486 g/mol. The Morgan fingerprint density at radius 1 is 0.719 bits per heavy atom. The largest absolute Gasteiger partial charge is 0.332 e. The van der Waals surface area contributed by atoms with E-state index in [-0.39, 0.29) is 22.3 Å². The molecule has 0 saturated heterocycles. The second-order valence-electron chi connectivity index (χ2n) is 8.27. The molecule has 0 aromatic heterocycles. The van der Waals surface area contributed by atoms with Crippen molar-refractivity contribution in [2.24, 2.45) is 0 Å². The Morgan fingerprint density at radius 2 is 1.19 bits per heavy atom. The smallest absolute Gasteiger partial charge is 0.257 e. The van der Waals surface area contributed by atoms with Crippen molar-refractivity contribution in [1.29, 1.82) is 0 Å². The monoisotopic (exact) mass is 509 g/mol. The van der Waals surface area contributed by atoms with E-state index in [1.54, 1.807) is 48.5 Å². The van der Waals surface area contributed by atoms with Crippen LogP contribution in [-0.4, -0.2) is 16.9 Å². The van der Waals surface area contributed by atoms with E-state index >= 15 is 0 Å². The van der Waals surface area contributed by atoms with Crippen molar-refractivity contribution < 1.29 is 9.59 Å². The van der Waals surface area contributed by atoms with E-state index in [0.29, 0.717) is 22.5 Å². The van der Waals surface area contributed by atoms with Gasteiger partial charge in [0, 0.05) is 27.0 Å². The first-order valence-corrected chi connectivity index (χ1v) is 11.2. The maximum Gasteiger partial charge on any atom is 0.257 e.